The first kappa shape index (κ1) is 22.1. The number of nitrogens with one attached hydrogen (secondary N) is 1. The van der Waals surface area contributed by atoms with Crippen LogP contribution < -0.4 is 9.62 Å². The highest BCUT2D eigenvalue weighted by atomic mass is 32.2. The number of carbonyl (C=O) groups is 1. The predicted molar refractivity (Wildman–Crippen MR) is 108 cm³/mol. The molecule has 1 atom stereocenters. The third kappa shape index (κ3) is 4.61. The molecule has 162 valence electrons. The fourth-order valence-corrected chi connectivity index (χ4v) is 5.21. The van der Waals surface area contributed by atoms with Gasteiger partial charge in [0, 0.05) is 12.0 Å². The van der Waals surface area contributed by atoms with Crippen molar-refractivity contribution >= 4 is 21.6 Å². The van der Waals surface area contributed by atoms with Gasteiger partial charge in [-0.1, -0.05) is 18.2 Å². The smallest absolute Gasteiger partial charge is 0.351 e. The Bertz CT molecular complexity index is 1040. The summed E-state index contributed by atoms with van der Waals surface area (Å²) in [5.74, 6) is -0.298. The van der Waals surface area contributed by atoms with Crippen LogP contribution in [0.2, 0.25) is 0 Å². The second-order valence-electron chi connectivity index (χ2n) is 8.31. The Hall–Kier alpha value is -2.55. The van der Waals surface area contributed by atoms with Gasteiger partial charge in [-0.15, -0.1) is 0 Å². The van der Waals surface area contributed by atoms with E-state index in [0.717, 1.165) is 34.1 Å². The van der Waals surface area contributed by atoms with Crippen LogP contribution in [0.25, 0.3) is 0 Å². The molecular weight excluding hydrogens is 417 g/mol. The van der Waals surface area contributed by atoms with Crippen LogP contribution in [0.3, 0.4) is 0 Å². The molecule has 1 N–H and O–H groups in total. The highest BCUT2D eigenvalue weighted by Gasteiger charge is 2.40. The van der Waals surface area contributed by atoms with Crippen LogP contribution in [-0.2, 0) is 27.4 Å². The maximum atomic E-state index is 13.3. The summed E-state index contributed by atoms with van der Waals surface area (Å²) in [5, 5.41) is 2.82. The highest BCUT2D eigenvalue weighted by Crippen LogP contribution is 2.38. The Kier molecular flexibility index (Phi) is 5.62. The van der Waals surface area contributed by atoms with Crippen molar-refractivity contribution in [2.24, 2.45) is 0 Å². The van der Waals surface area contributed by atoms with Gasteiger partial charge in [0.25, 0.3) is 10.0 Å². The number of para-hydroxylation sites is 1. The van der Waals surface area contributed by atoms with Crippen LogP contribution in [0.4, 0.5) is 18.9 Å². The largest absolute Gasteiger partial charge is 0.416 e. The first-order valence-electron chi connectivity index (χ1n) is 9.40. The molecule has 2 aromatic carbocycles. The zero-order chi connectivity index (χ0) is 22.3. The van der Waals surface area contributed by atoms with Crippen molar-refractivity contribution in [3.63, 3.8) is 0 Å². The highest BCUT2D eigenvalue weighted by molar-refractivity contribution is 7.92. The number of hydrogen-bond donors (Lipinski definition) is 1. The van der Waals surface area contributed by atoms with Crippen molar-refractivity contribution in [3.05, 3.63) is 59.7 Å². The van der Waals surface area contributed by atoms with Gasteiger partial charge in [-0.2, -0.15) is 13.2 Å². The number of nitrogens with zero attached hydrogens (tertiary/aromatic N) is 1. The predicted octanol–water partition coefficient (Wildman–Crippen LogP) is 4.13. The Balaban J connectivity index is 1.97. The van der Waals surface area contributed by atoms with Gasteiger partial charge in [0.15, 0.2) is 0 Å². The molecular formula is C21H23F3N2O3S. The Morgan fingerprint density at radius 3 is 2.23 bits per heavy atom. The number of rotatable bonds is 4. The zero-order valence-corrected chi connectivity index (χ0v) is 17.6. The summed E-state index contributed by atoms with van der Waals surface area (Å²) in [6.07, 6.45) is -4.28. The van der Waals surface area contributed by atoms with E-state index in [0.29, 0.717) is 12.1 Å². The molecule has 1 heterocycles. The van der Waals surface area contributed by atoms with Crippen LogP contribution in [0, 0.1) is 0 Å². The van der Waals surface area contributed by atoms with Crippen molar-refractivity contribution in [1.82, 2.24) is 5.32 Å². The molecule has 1 amide bonds. The van der Waals surface area contributed by atoms with Crippen LogP contribution in [0.1, 0.15) is 38.3 Å². The van der Waals surface area contributed by atoms with E-state index in [1.165, 1.54) is 0 Å². The number of amides is 1. The quantitative estimate of drug-likeness (QED) is 0.778. The first-order chi connectivity index (χ1) is 13.8. The molecule has 0 aromatic heterocycles. The molecule has 30 heavy (non-hydrogen) atoms. The molecule has 5 nitrogen and oxygen atoms in total. The maximum Gasteiger partial charge on any atom is 0.416 e. The lowest BCUT2D eigenvalue weighted by atomic mass is 10.1. The molecule has 0 fully saturated rings. The van der Waals surface area contributed by atoms with Crippen LogP contribution in [0.15, 0.2) is 53.4 Å². The van der Waals surface area contributed by atoms with E-state index in [4.69, 9.17) is 0 Å². The van der Waals surface area contributed by atoms with E-state index in [1.54, 1.807) is 24.3 Å². The molecule has 1 unspecified atom stereocenters. The van der Waals surface area contributed by atoms with Gasteiger partial charge in [-0.25, -0.2) is 8.42 Å². The molecule has 0 saturated heterocycles. The lowest BCUT2D eigenvalue weighted by molar-refractivity contribution is -0.137. The molecule has 0 radical (unpaired) electrons. The molecule has 0 saturated carbocycles. The van der Waals surface area contributed by atoms with Gasteiger partial charge in [0.05, 0.1) is 22.2 Å². The lowest BCUT2D eigenvalue weighted by Crippen LogP contribution is -2.45. The molecule has 1 aliphatic heterocycles. The molecule has 0 bridgehead atoms. The minimum Gasteiger partial charge on any atom is -0.351 e. The fourth-order valence-electron chi connectivity index (χ4n) is 3.53. The number of fused-ring (bicyclic) bond motifs is 1. The monoisotopic (exact) mass is 440 g/mol. The molecule has 9 heteroatoms. The van der Waals surface area contributed by atoms with E-state index in [1.807, 2.05) is 20.8 Å². The molecule has 1 aliphatic rings. The van der Waals surface area contributed by atoms with Gasteiger partial charge < -0.3 is 5.32 Å². The minimum absolute atomic E-state index is 0.0637. The van der Waals surface area contributed by atoms with E-state index in [9.17, 15) is 26.4 Å². The maximum absolute atomic E-state index is 13.3. The van der Waals surface area contributed by atoms with E-state index < -0.39 is 33.3 Å². The average molecular weight is 440 g/mol. The SMILES string of the molecule is CC(C)(C)NC(=O)CC1Cc2ccccc2N1S(=O)(=O)c1ccc(C(F)(F)F)cc1. The van der Waals surface area contributed by atoms with E-state index in [2.05, 4.69) is 5.32 Å². The molecule has 0 spiro atoms. The number of hydrogen-bond acceptors (Lipinski definition) is 3. The number of carbonyl (C=O) groups excluding carboxylic acids is 1. The van der Waals surface area contributed by atoms with Crippen molar-refractivity contribution in [2.45, 2.75) is 56.3 Å². The number of anilines is 1. The Labute approximate surface area is 173 Å². The van der Waals surface area contributed by atoms with Gasteiger partial charge in [-0.3, -0.25) is 9.10 Å². The Morgan fingerprint density at radius 1 is 1.07 bits per heavy atom. The van der Waals surface area contributed by atoms with Crippen molar-refractivity contribution in [1.29, 1.82) is 0 Å². The number of halogens is 3. The summed E-state index contributed by atoms with van der Waals surface area (Å²) in [6, 6.07) is 9.61. The minimum atomic E-state index is -4.56. The average Bonchev–Trinajstić information content (AvgIpc) is 2.97. The summed E-state index contributed by atoms with van der Waals surface area (Å²) >= 11 is 0. The third-order valence-electron chi connectivity index (χ3n) is 4.69. The van der Waals surface area contributed by atoms with Crippen LogP contribution in [-0.4, -0.2) is 25.9 Å². The molecule has 3 rings (SSSR count). The topological polar surface area (TPSA) is 66.5 Å². The van der Waals surface area contributed by atoms with E-state index >= 15 is 0 Å². The van der Waals surface area contributed by atoms with Gasteiger partial charge >= 0.3 is 6.18 Å². The second-order valence-corrected chi connectivity index (χ2v) is 10.1. The van der Waals surface area contributed by atoms with Gasteiger partial charge in [-0.05, 0) is 63.1 Å². The summed E-state index contributed by atoms with van der Waals surface area (Å²) < 4.78 is 66.4. The summed E-state index contributed by atoms with van der Waals surface area (Å²) in [5.41, 5.74) is -0.198. The summed E-state index contributed by atoms with van der Waals surface area (Å²) in [7, 11) is -4.17. The fraction of sp³-hybridized carbons (Fsp3) is 0.381. The van der Waals surface area contributed by atoms with E-state index in [-0.39, 0.29) is 17.2 Å². The van der Waals surface area contributed by atoms with Crippen molar-refractivity contribution < 1.29 is 26.4 Å². The zero-order valence-electron chi connectivity index (χ0n) is 16.8. The molecule has 2 aromatic rings. The lowest BCUT2D eigenvalue weighted by Gasteiger charge is -2.28. The molecule has 0 aliphatic carbocycles. The van der Waals surface area contributed by atoms with Gasteiger partial charge in [0.1, 0.15) is 0 Å². The second kappa shape index (κ2) is 7.61. The number of sulfonamides is 1. The van der Waals surface area contributed by atoms with Crippen LogP contribution in [0.5, 0.6) is 0 Å². The van der Waals surface area contributed by atoms with Crippen molar-refractivity contribution in [3.8, 4) is 0 Å². The number of benzene rings is 2. The first-order valence-corrected chi connectivity index (χ1v) is 10.8. The normalized spacial score (nSPS) is 17.0. The van der Waals surface area contributed by atoms with Gasteiger partial charge in [0.2, 0.25) is 5.91 Å². The standard InChI is InChI=1S/C21H23F3N2O3S/c1-20(2,3)25-19(27)13-16-12-14-6-4-5-7-18(14)26(16)30(28,29)17-10-8-15(9-11-17)21(22,23)24/h4-11,16H,12-13H2,1-3H3,(H,25,27). The summed E-state index contributed by atoms with van der Waals surface area (Å²) in [4.78, 5) is 12.2. The Morgan fingerprint density at radius 2 is 1.67 bits per heavy atom. The number of alkyl halides is 3. The summed E-state index contributed by atoms with van der Waals surface area (Å²) in [6.45, 7) is 5.47. The third-order valence-corrected chi connectivity index (χ3v) is 6.57. The van der Waals surface area contributed by atoms with Crippen molar-refractivity contribution in [2.75, 3.05) is 4.31 Å². The van der Waals surface area contributed by atoms with Crippen LogP contribution >= 0.6 is 0 Å².